The Labute approximate surface area is 114 Å². The van der Waals surface area contributed by atoms with E-state index < -0.39 is 0 Å². The van der Waals surface area contributed by atoms with Crippen LogP contribution >= 0.6 is 11.3 Å². The lowest BCUT2D eigenvalue weighted by molar-refractivity contribution is 0.472. The molecule has 3 aromatic rings. The van der Waals surface area contributed by atoms with Crippen LogP contribution in [0, 0.1) is 12.7 Å². The van der Waals surface area contributed by atoms with E-state index in [0.29, 0.717) is 11.3 Å². The van der Waals surface area contributed by atoms with Crippen molar-refractivity contribution >= 4 is 22.3 Å². The highest BCUT2D eigenvalue weighted by Gasteiger charge is 2.20. The number of nitrogens with zero attached hydrogens (tertiary/aromatic N) is 1. The second kappa shape index (κ2) is 4.75. The normalized spacial score (nSPS) is 13.0. The number of benzene rings is 1. The van der Waals surface area contributed by atoms with Gasteiger partial charge in [-0.3, -0.25) is 0 Å². The summed E-state index contributed by atoms with van der Waals surface area (Å²) in [6.07, 6.45) is 0. The molecule has 1 unspecified atom stereocenters. The maximum absolute atomic E-state index is 13.6. The van der Waals surface area contributed by atoms with Gasteiger partial charge in [0.1, 0.15) is 11.8 Å². The zero-order valence-electron chi connectivity index (χ0n) is 10.6. The van der Waals surface area contributed by atoms with Crippen LogP contribution in [0.1, 0.15) is 22.5 Å². The molecular formula is C14H13FN2OS. The predicted molar refractivity (Wildman–Crippen MR) is 73.9 cm³/mol. The maximum atomic E-state index is 13.6. The lowest BCUT2D eigenvalue weighted by Crippen LogP contribution is -2.17. The highest BCUT2D eigenvalue weighted by atomic mass is 32.1. The fraction of sp³-hybridized carbons (Fsp3) is 0.214. The van der Waals surface area contributed by atoms with Crippen LogP contribution in [0.5, 0.6) is 0 Å². The van der Waals surface area contributed by atoms with Crippen LogP contribution in [0.2, 0.25) is 0 Å². The van der Waals surface area contributed by atoms with Crippen molar-refractivity contribution in [1.82, 2.24) is 10.3 Å². The van der Waals surface area contributed by atoms with Crippen LogP contribution in [-0.4, -0.2) is 12.0 Å². The number of hydrogen-bond donors (Lipinski definition) is 1. The molecule has 1 atom stereocenters. The molecule has 98 valence electrons. The Bertz CT molecular complexity index is 719. The number of thiazole rings is 1. The van der Waals surface area contributed by atoms with Crippen molar-refractivity contribution in [3.8, 4) is 0 Å². The van der Waals surface area contributed by atoms with Crippen LogP contribution in [0.15, 0.2) is 34.1 Å². The van der Waals surface area contributed by atoms with Gasteiger partial charge in [0.2, 0.25) is 0 Å². The molecule has 0 fully saturated rings. The SMILES string of the molecule is CNC(c1csc(C)n1)c1cc2cccc(F)c2o1. The van der Waals surface area contributed by atoms with Crippen molar-refractivity contribution in [1.29, 1.82) is 0 Å². The highest BCUT2D eigenvalue weighted by Crippen LogP contribution is 2.29. The Morgan fingerprint density at radius 1 is 1.42 bits per heavy atom. The molecule has 1 aromatic carbocycles. The summed E-state index contributed by atoms with van der Waals surface area (Å²) < 4.78 is 19.3. The molecule has 2 aromatic heterocycles. The van der Waals surface area contributed by atoms with E-state index in [4.69, 9.17) is 4.42 Å². The quantitative estimate of drug-likeness (QED) is 0.793. The molecule has 19 heavy (non-hydrogen) atoms. The summed E-state index contributed by atoms with van der Waals surface area (Å²) in [5, 5.41) is 6.91. The molecule has 3 nitrogen and oxygen atoms in total. The van der Waals surface area contributed by atoms with Gasteiger partial charge in [-0.05, 0) is 26.1 Å². The smallest absolute Gasteiger partial charge is 0.169 e. The maximum Gasteiger partial charge on any atom is 0.169 e. The van der Waals surface area contributed by atoms with Crippen molar-refractivity contribution in [2.24, 2.45) is 0 Å². The largest absolute Gasteiger partial charge is 0.456 e. The molecule has 0 saturated heterocycles. The van der Waals surface area contributed by atoms with Crippen LogP contribution in [0.4, 0.5) is 4.39 Å². The van der Waals surface area contributed by atoms with Crippen molar-refractivity contribution < 1.29 is 8.81 Å². The minimum absolute atomic E-state index is 0.156. The predicted octanol–water partition coefficient (Wildman–Crippen LogP) is 3.65. The first-order chi connectivity index (χ1) is 9.19. The number of nitrogens with one attached hydrogen (secondary N) is 1. The van der Waals surface area contributed by atoms with Gasteiger partial charge in [-0.1, -0.05) is 12.1 Å². The molecule has 3 rings (SSSR count). The highest BCUT2D eigenvalue weighted by molar-refractivity contribution is 7.09. The van der Waals surface area contributed by atoms with Crippen LogP contribution in [-0.2, 0) is 0 Å². The molecule has 0 aliphatic heterocycles. The van der Waals surface area contributed by atoms with Crippen molar-refractivity contribution in [2.45, 2.75) is 13.0 Å². The van der Waals surface area contributed by atoms with Crippen LogP contribution in [0.25, 0.3) is 11.0 Å². The second-order valence-electron chi connectivity index (χ2n) is 4.32. The number of halogens is 1. The Kier molecular flexibility index (Phi) is 3.08. The van der Waals surface area contributed by atoms with Crippen LogP contribution < -0.4 is 5.32 Å². The Morgan fingerprint density at radius 2 is 2.26 bits per heavy atom. The molecule has 2 heterocycles. The monoisotopic (exact) mass is 276 g/mol. The first-order valence-corrected chi connectivity index (χ1v) is 6.84. The molecule has 0 amide bonds. The molecule has 0 saturated carbocycles. The molecule has 0 aliphatic rings. The van der Waals surface area contributed by atoms with E-state index in [1.165, 1.54) is 6.07 Å². The summed E-state index contributed by atoms with van der Waals surface area (Å²) in [5.41, 5.74) is 1.19. The van der Waals surface area contributed by atoms with Gasteiger partial charge in [0.15, 0.2) is 11.4 Å². The van der Waals surface area contributed by atoms with E-state index in [-0.39, 0.29) is 11.9 Å². The van der Waals surface area contributed by atoms with Gasteiger partial charge in [0.05, 0.1) is 10.7 Å². The third kappa shape index (κ3) is 2.15. The van der Waals surface area contributed by atoms with E-state index in [2.05, 4.69) is 10.3 Å². The third-order valence-corrected chi connectivity index (χ3v) is 3.81. The molecule has 5 heteroatoms. The number of para-hydroxylation sites is 1. The number of furan rings is 1. The summed E-state index contributed by atoms with van der Waals surface area (Å²) >= 11 is 1.59. The summed E-state index contributed by atoms with van der Waals surface area (Å²) in [5.74, 6) is 0.334. The van der Waals surface area contributed by atoms with E-state index in [9.17, 15) is 4.39 Å². The average molecular weight is 276 g/mol. The van der Waals surface area contributed by atoms with E-state index >= 15 is 0 Å². The summed E-state index contributed by atoms with van der Waals surface area (Å²) in [6, 6.07) is 6.62. The first-order valence-electron chi connectivity index (χ1n) is 5.96. The molecule has 1 N–H and O–H groups in total. The Hall–Kier alpha value is -1.72. The number of rotatable bonds is 3. The van der Waals surface area contributed by atoms with E-state index in [1.54, 1.807) is 17.4 Å². The molecule has 0 radical (unpaired) electrons. The van der Waals surface area contributed by atoms with Crippen molar-refractivity contribution in [3.05, 3.63) is 51.9 Å². The third-order valence-electron chi connectivity index (χ3n) is 3.02. The fourth-order valence-electron chi connectivity index (χ4n) is 2.14. The van der Waals surface area contributed by atoms with Crippen molar-refractivity contribution in [3.63, 3.8) is 0 Å². The number of fused-ring (bicyclic) bond motifs is 1. The molecule has 0 bridgehead atoms. The van der Waals surface area contributed by atoms with Gasteiger partial charge in [0.25, 0.3) is 0 Å². The summed E-state index contributed by atoms with van der Waals surface area (Å²) in [4.78, 5) is 4.45. The van der Waals surface area contributed by atoms with Gasteiger partial charge in [-0.2, -0.15) is 0 Å². The Morgan fingerprint density at radius 3 is 2.89 bits per heavy atom. The molecular weight excluding hydrogens is 263 g/mol. The van der Waals surface area contributed by atoms with Gasteiger partial charge < -0.3 is 9.73 Å². The van der Waals surface area contributed by atoms with Gasteiger partial charge in [-0.15, -0.1) is 11.3 Å². The van der Waals surface area contributed by atoms with E-state index in [1.807, 2.05) is 31.5 Å². The summed E-state index contributed by atoms with van der Waals surface area (Å²) in [7, 11) is 1.84. The lowest BCUT2D eigenvalue weighted by atomic mass is 10.1. The minimum atomic E-state index is -0.340. The van der Waals surface area contributed by atoms with Gasteiger partial charge in [0, 0.05) is 10.8 Å². The molecule has 0 spiro atoms. The zero-order chi connectivity index (χ0) is 13.4. The lowest BCUT2D eigenvalue weighted by Gasteiger charge is -2.10. The van der Waals surface area contributed by atoms with Gasteiger partial charge >= 0.3 is 0 Å². The number of aromatic nitrogens is 1. The standard InChI is InChI=1S/C14H13FN2OS/c1-8-17-11(7-19-8)13(16-2)12-6-9-4-3-5-10(15)14(9)18-12/h3-7,13,16H,1-2H3. The molecule has 0 aliphatic carbocycles. The average Bonchev–Trinajstić information content (AvgIpc) is 2.98. The number of hydrogen-bond acceptors (Lipinski definition) is 4. The minimum Gasteiger partial charge on any atom is -0.456 e. The first kappa shape index (κ1) is 12.3. The van der Waals surface area contributed by atoms with Gasteiger partial charge in [-0.25, -0.2) is 9.37 Å². The number of aryl methyl sites for hydroxylation is 1. The van der Waals surface area contributed by atoms with Crippen molar-refractivity contribution in [2.75, 3.05) is 7.05 Å². The van der Waals surface area contributed by atoms with Crippen LogP contribution in [0.3, 0.4) is 0 Å². The fourth-order valence-corrected chi connectivity index (χ4v) is 2.78. The second-order valence-corrected chi connectivity index (χ2v) is 5.38. The zero-order valence-corrected chi connectivity index (χ0v) is 11.4. The Balaban J connectivity index is 2.09. The summed E-state index contributed by atoms with van der Waals surface area (Å²) in [6.45, 7) is 1.96. The van der Waals surface area contributed by atoms with E-state index in [0.717, 1.165) is 16.1 Å². The topological polar surface area (TPSA) is 38.1 Å².